The van der Waals surface area contributed by atoms with E-state index in [2.05, 4.69) is 10.1 Å². The Morgan fingerprint density at radius 2 is 1.87 bits per heavy atom. The molecule has 0 saturated carbocycles. The number of methoxy groups -OCH3 is 1. The lowest BCUT2D eigenvalue weighted by Crippen LogP contribution is -2.20. The highest BCUT2D eigenvalue weighted by Gasteiger charge is 2.31. The molecule has 3 rings (SSSR count). The summed E-state index contributed by atoms with van der Waals surface area (Å²) in [5.74, 6) is -0.622. The smallest absolute Gasteiger partial charge is 0.495 e. The predicted octanol–water partition coefficient (Wildman–Crippen LogP) is 4.84. The molecule has 0 radical (unpaired) electrons. The van der Waals surface area contributed by atoms with Crippen molar-refractivity contribution < 1.29 is 31.9 Å². The molecule has 0 aliphatic carbocycles. The van der Waals surface area contributed by atoms with Gasteiger partial charge in [0.1, 0.15) is 17.1 Å². The van der Waals surface area contributed by atoms with Gasteiger partial charge in [-0.2, -0.15) is 0 Å². The Morgan fingerprint density at radius 3 is 2.47 bits per heavy atom. The van der Waals surface area contributed by atoms with Gasteiger partial charge < -0.3 is 19.2 Å². The minimum atomic E-state index is -4.81. The maximum atomic E-state index is 12.4. The molecule has 0 saturated heterocycles. The minimum Gasteiger partial charge on any atom is -0.495 e. The number of amides is 1. The van der Waals surface area contributed by atoms with Crippen molar-refractivity contribution in [3.63, 3.8) is 0 Å². The second-order valence-electron chi connectivity index (χ2n) is 6.27. The van der Waals surface area contributed by atoms with Gasteiger partial charge in [-0.1, -0.05) is 11.6 Å². The van der Waals surface area contributed by atoms with Crippen molar-refractivity contribution in [2.45, 2.75) is 19.7 Å². The van der Waals surface area contributed by atoms with E-state index in [0.29, 0.717) is 21.7 Å². The van der Waals surface area contributed by atoms with Gasteiger partial charge >= 0.3 is 12.0 Å². The van der Waals surface area contributed by atoms with E-state index in [4.69, 9.17) is 20.8 Å². The van der Waals surface area contributed by atoms with Crippen LogP contribution in [0.1, 0.15) is 11.1 Å². The van der Waals surface area contributed by atoms with Gasteiger partial charge in [0.15, 0.2) is 0 Å². The van der Waals surface area contributed by atoms with Crippen LogP contribution in [-0.2, 0) is 11.2 Å². The van der Waals surface area contributed by atoms with Gasteiger partial charge in [0.05, 0.1) is 24.1 Å². The van der Waals surface area contributed by atoms with E-state index in [1.807, 2.05) is 0 Å². The zero-order valence-electron chi connectivity index (χ0n) is 15.7. The maximum absolute atomic E-state index is 12.4. The molecular weight excluding hydrogens is 427 g/mol. The number of aryl methyl sites for hydroxylation is 1. The van der Waals surface area contributed by atoms with Gasteiger partial charge in [-0.05, 0) is 42.8 Å². The summed E-state index contributed by atoms with van der Waals surface area (Å²) in [6, 6.07) is 7.69. The normalized spacial score (nSPS) is 11.4. The zero-order valence-corrected chi connectivity index (χ0v) is 16.5. The summed E-state index contributed by atoms with van der Waals surface area (Å²) in [4.78, 5) is 24.7. The number of carbonyl (C=O) groups excluding carboxylic acids is 1. The Bertz CT molecular complexity index is 1160. The molecule has 10 heteroatoms. The third-order valence-corrected chi connectivity index (χ3v) is 4.56. The topological polar surface area (TPSA) is 77.8 Å². The maximum Gasteiger partial charge on any atom is 0.573 e. The zero-order chi connectivity index (χ0) is 22.1. The molecule has 0 unspecified atom stereocenters. The van der Waals surface area contributed by atoms with E-state index >= 15 is 0 Å². The first-order valence-electron chi connectivity index (χ1n) is 8.53. The summed E-state index contributed by atoms with van der Waals surface area (Å²) in [5, 5.41) is 3.38. The van der Waals surface area contributed by atoms with Crippen LogP contribution in [0.25, 0.3) is 11.0 Å². The Balaban J connectivity index is 1.80. The summed E-state index contributed by atoms with van der Waals surface area (Å²) >= 11 is 6.13. The fourth-order valence-corrected chi connectivity index (χ4v) is 3.10. The molecule has 0 aliphatic heterocycles. The molecule has 1 heterocycles. The largest absolute Gasteiger partial charge is 0.573 e. The lowest BCUT2D eigenvalue weighted by molar-refractivity contribution is -0.274. The second-order valence-corrected chi connectivity index (χ2v) is 6.68. The molecule has 1 N–H and O–H groups in total. The minimum absolute atomic E-state index is 0.137. The molecule has 1 amide bonds. The number of alkyl halides is 3. The van der Waals surface area contributed by atoms with Crippen LogP contribution >= 0.6 is 11.6 Å². The Labute approximate surface area is 173 Å². The van der Waals surface area contributed by atoms with E-state index in [-0.39, 0.29) is 23.3 Å². The van der Waals surface area contributed by atoms with E-state index in [1.165, 1.54) is 25.3 Å². The van der Waals surface area contributed by atoms with Crippen molar-refractivity contribution in [1.82, 2.24) is 0 Å². The molecule has 0 bridgehead atoms. The van der Waals surface area contributed by atoms with Crippen LogP contribution in [0.15, 0.2) is 45.6 Å². The molecule has 1 aromatic heterocycles. The van der Waals surface area contributed by atoms with Crippen molar-refractivity contribution in [2.24, 2.45) is 0 Å². The second kappa shape index (κ2) is 8.27. The third-order valence-electron chi connectivity index (χ3n) is 4.27. The molecule has 0 aliphatic rings. The van der Waals surface area contributed by atoms with Crippen LogP contribution in [0.5, 0.6) is 11.5 Å². The molecule has 0 spiro atoms. The number of nitrogens with one attached hydrogen (secondary N) is 1. The first kappa shape index (κ1) is 21.5. The number of hydrogen-bond acceptors (Lipinski definition) is 5. The van der Waals surface area contributed by atoms with Crippen molar-refractivity contribution in [3.8, 4) is 11.5 Å². The first-order valence-corrected chi connectivity index (χ1v) is 8.90. The van der Waals surface area contributed by atoms with Gasteiger partial charge in [0.2, 0.25) is 5.91 Å². The summed E-state index contributed by atoms with van der Waals surface area (Å²) in [6.45, 7) is 1.66. The summed E-state index contributed by atoms with van der Waals surface area (Å²) in [7, 11) is 1.43. The van der Waals surface area contributed by atoms with Crippen molar-refractivity contribution >= 4 is 34.2 Å². The molecule has 0 fully saturated rings. The SMILES string of the molecule is COc1cc2oc(=O)c(CC(=O)Nc3ccc(OC(F)(F)F)cc3)c(C)c2cc1Cl. The standard InChI is InChI=1S/C20H15ClF3NO5/c1-10-13-7-15(21)17(28-2)9-16(13)29-19(27)14(10)8-18(26)25-11-3-5-12(6-4-11)30-20(22,23)24/h3-7,9H,8H2,1-2H3,(H,25,26). The Hall–Kier alpha value is -3.20. The van der Waals surface area contributed by atoms with Crippen molar-refractivity contribution in [2.75, 3.05) is 12.4 Å². The predicted molar refractivity (Wildman–Crippen MR) is 104 cm³/mol. The van der Waals surface area contributed by atoms with Crippen molar-refractivity contribution in [3.05, 3.63) is 63.0 Å². The number of hydrogen-bond donors (Lipinski definition) is 1. The summed E-state index contributed by atoms with van der Waals surface area (Å²) in [6.07, 6.45) is -5.10. The average molecular weight is 442 g/mol. The fraction of sp³-hybridized carbons (Fsp3) is 0.200. The Morgan fingerprint density at radius 1 is 1.20 bits per heavy atom. The average Bonchev–Trinajstić information content (AvgIpc) is 2.66. The number of ether oxygens (including phenoxy) is 2. The molecule has 30 heavy (non-hydrogen) atoms. The van der Waals surface area contributed by atoms with Gasteiger partial charge in [-0.15, -0.1) is 13.2 Å². The molecule has 0 atom stereocenters. The summed E-state index contributed by atoms with van der Waals surface area (Å²) in [5.41, 5.74) is 0.481. The van der Waals surface area contributed by atoms with E-state index in [9.17, 15) is 22.8 Å². The van der Waals surface area contributed by atoms with Crippen LogP contribution in [0.3, 0.4) is 0 Å². The number of rotatable bonds is 5. The third kappa shape index (κ3) is 4.85. The summed E-state index contributed by atoms with van der Waals surface area (Å²) < 4.78 is 50.8. The number of fused-ring (bicyclic) bond motifs is 1. The van der Waals surface area contributed by atoms with Crippen molar-refractivity contribution in [1.29, 1.82) is 0 Å². The van der Waals surface area contributed by atoms with Gasteiger partial charge in [0, 0.05) is 17.1 Å². The molecule has 6 nitrogen and oxygen atoms in total. The lowest BCUT2D eigenvalue weighted by Gasteiger charge is -2.11. The molecule has 2 aromatic carbocycles. The van der Waals surface area contributed by atoms with Gasteiger partial charge in [-0.25, -0.2) is 4.79 Å². The van der Waals surface area contributed by atoms with Crippen LogP contribution < -0.4 is 20.4 Å². The van der Waals surface area contributed by atoms with Crippen LogP contribution in [-0.4, -0.2) is 19.4 Å². The van der Waals surface area contributed by atoms with Crippen LogP contribution in [0.4, 0.5) is 18.9 Å². The number of benzene rings is 2. The van der Waals surface area contributed by atoms with E-state index in [1.54, 1.807) is 13.0 Å². The van der Waals surface area contributed by atoms with E-state index < -0.39 is 23.6 Å². The fourth-order valence-electron chi connectivity index (χ4n) is 2.86. The highest BCUT2D eigenvalue weighted by Crippen LogP contribution is 2.31. The molecular formula is C20H15ClF3NO5. The highest BCUT2D eigenvalue weighted by atomic mass is 35.5. The molecule has 158 valence electrons. The quantitative estimate of drug-likeness (QED) is 0.573. The highest BCUT2D eigenvalue weighted by molar-refractivity contribution is 6.32. The number of carbonyl (C=O) groups is 1. The van der Waals surface area contributed by atoms with Crippen LogP contribution in [0.2, 0.25) is 5.02 Å². The van der Waals surface area contributed by atoms with Gasteiger partial charge in [-0.3, -0.25) is 4.79 Å². The molecule has 3 aromatic rings. The number of anilines is 1. The number of halogens is 4. The van der Waals surface area contributed by atoms with Crippen LogP contribution in [0, 0.1) is 6.92 Å². The lowest BCUT2D eigenvalue weighted by atomic mass is 10.0. The monoisotopic (exact) mass is 441 g/mol. The first-order chi connectivity index (χ1) is 14.1. The van der Waals surface area contributed by atoms with E-state index in [0.717, 1.165) is 12.1 Å². The van der Waals surface area contributed by atoms with Gasteiger partial charge in [0.25, 0.3) is 0 Å². The Kier molecular flexibility index (Phi) is 5.93.